The zero-order valence-electron chi connectivity index (χ0n) is 8.67. The average molecular weight is 203 g/mol. The van der Waals surface area contributed by atoms with E-state index in [-0.39, 0.29) is 5.92 Å². The monoisotopic (exact) mass is 203 g/mol. The molecule has 0 aliphatic carbocycles. The summed E-state index contributed by atoms with van der Waals surface area (Å²) in [7, 11) is 0. The zero-order chi connectivity index (χ0) is 11.1. The van der Waals surface area contributed by atoms with E-state index in [0.29, 0.717) is 6.61 Å². The Morgan fingerprint density at radius 3 is 3.20 bits per heavy atom. The van der Waals surface area contributed by atoms with E-state index in [1.807, 2.05) is 6.92 Å². The molecule has 78 valence electrons. The number of hydrogen-bond acceptors (Lipinski definition) is 2. The first-order valence-electron chi connectivity index (χ1n) is 4.74. The maximum absolute atomic E-state index is 11.1. The van der Waals surface area contributed by atoms with Crippen LogP contribution < -0.4 is 5.32 Å². The number of rotatable bonds is 1. The molecule has 1 atom stereocenters. The van der Waals surface area contributed by atoms with Crippen molar-refractivity contribution in [3.05, 3.63) is 41.6 Å². The van der Waals surface area contributed by atoms with Gasteiger partial charge in [0.2, 0.25) is 0 Å². The van der Waals surface area contributed by atoms with Crippen molar-refractivity contribution in [1.29, 1.82) is 0 Å². The third kappa shape index (κ3) is 3.76. The van der Waals surface area contributed by atoms with E-state index >= 15 is 0 Å². The van der Waals surface area contributed by atoms with Crippen molar-refractivity contribution in [1.82, 2.24) is 5.32 Å². The average Bonchev–Trinajstić information content (AvgIpc) is 2.36. The Morgan fingerprint density at radius 2 is 2.47 bits per heavy atom. The Bertz CT molecular complexity index is 390. The van der Waals surface area contributed by atoms with E-state index in [2.05, 4.69) is 29.1 Å². The number of allylic oxidation sites excluding steroid dienone is 3. The Labute approximate surface area is 89.1 Å². The van der Waals surface area contributed by atoms with Gasteiger partial charge in [0, 0.05) is 5.70 Å². The standard InChI is InChI=1S/C12H13NO2/c1-3-4-5-6-7-11-10(2)8-9-15-12(14)13-11/h6-7,10H,1,8-9H2,2H3,(H,13,14)/b11-7+. The van der Waals surface area contributed by atoms with Gasteiger partial charge in [-0.25, -0.2) is 4.79 Å². The highest BCUT2D eigenvalue weighted by molar-refractivity contribution is 5.70. The molecule has 3 heteroatoms. The molecule has 0 saturated carbocycles. The maximum Gasteiger partial charge on any atom is 0.411 e. The fraction of sp³-hybridized carbons (Fsp3) is 0.333. The van der Waals surface area contributed by atoms with Gasteiger partial charge < -0.3 is 4.74 Å². The van der Waals surface area contributed by atoms with Crippen molar-refractivity contribution in [2.75, 3.05) is 6.61 Å². The third-order valence-corrected chi connectivity index (χ3v) is 2.07. The Kier molecular flexibility index (Phi) is 4.28. The predicted octanol–water partition coefficient (Wildman–Crippen LogP) is 2.29. The molecule has 1 aliphatic heterocycles. The molecule has 1 aliphatic rings. The van der Waals surface area contributed by atoms with E-state index < -0.39 is 6.09 Å². The second kappa shape index (κ2) is 5.74. The van der Waals surface area contributed by atoms with Crippen molar-refractivity contribution in [2.24, 2.45) is 5.92 Å². The molecule has 1 amide bonds. The number of carbonyl (C=O) groups excluding carboxylic acids is 1. The summed E-state index contributed by atoms with van der Waals surface area (Å²) in [6.45, 7) is 5.84. The lowest BCUT2D eigenvalue weighted by Gasteiger charge is -2.08. The summed E-state index contributed by atoms with van der Waals surface area (Å²) < 4.78 is 4.87. The first kappa shape index (κ1) is 11.2. The van der Waals surface area contributed by atoms with E-state index in [4.69, 9.17) is 4.74 Å². The van der Waals surface area contributed by atoms with Gasteiger partial charge in [-0.15, -0.1) is 0 Å². The Morgan fingerprint density at radius 1 is 1.67 bits per heavy atom. The predicted molar refractivity (Wildman–Crippen MR) is 57.1 cm³/mol. The molecule has 1 rings (SSSR count). The lowest BCUT2D eigenvalue weighted by Crippen LogP contribution is -2.22. The Balaban J connectivity index is 2.84. The summed E-state index contributed by atoms with van der Waals surface area (Å²) in [6.07, 6.45) is 3.86. The molecule has 0 spiro atoms. The second-order valence-corrected chi connectivity index (χ2v) is 3.19. The van der Waals surface area contributed by atoms with Crippen molar-refractivity contribution >= 4 is 6.09 Å². The van der Waals surface area contributed by atoms with Crippen molar-refractivity contribution in [3.63, 3.8) is 0 Å². The van der Waals surface area contributed by atoms with Crippen LogP contribution in [0, 0.1) is 5.92 Å². The van der Waals surface area contributed by atoms with Gasteiger partial charge >= 0.3 is 6.09 Å². The van der Waals surface area contributed by atoms with Gasteiger partial charge in [-0.2, -0.15) is 0 Å². The number of alkyl carbamates (subject to hydrolysis) is 1. The van der Waals surface area contributed by atoms with Gasteiger partial charge in [-0.3, -0.25) is 5.32 Å². The SMILES string of the molecule is C=C=C=C=C/C=C1/NC(=O)OCCC1C. The lowest BCUT2D eigenvalue weighted by atomic mass is 10.0. The molecule has 15 heavy (non-hydrogen) atoms. The fourth-order valence-electron chi connectivity index (χ4n) is 1.19. The van der Waals surface area contributed by atoms with Crippen LogP contribution in [-0.2, 0) is 4.74 Å². The molecule has 1 unspecified atom stereocenters. The minimum absolute atomic E-state index is 0.266. The van der Waals surface area contributed by atoms with Crippen LogP contribution in [0.5, 0.6) is 0 Å². The summed E-state index contributed by atoms with van der Waals surface area (Å²) in [5, 5.41) is 2.67. The van der Waals surface area contributed by atoms with Crippen molar-refractivity contribution in [2.45, 2.75) is 13.3 Å². The van der Waals surface area contributed by atoms with Crippen molar-refractivity contribution < 1.29 is 9.53 Å². The number of nitrogens with one attached hydrogen (secondary N) is 1. The largest absolute Gasteiger partial charge is 0.449 e. The molecule has 0 aromatic heterocycles. The zero-order valence-corrected chi connectivity index (χ0v) is 8.67. The summed E-state index contributed by atoms with van der Waals surface area (Å²) in [6, 6.07) is 0. The van der Waals surface area contributed by atoms with Crippen LogP contribution in [0.4, 0.5) is 4.79 Å². The number of cyclic esters (lactones) is 1. The highest BCUT2D eigenvalue weighted by atomic mass is 16.5. The van der Waals surface area contributed by atoms with Crippen LogP contribution in [0.1, 0.15) is 13.3 Å². The molecule has 0 aromatic carbocycles. The molecule has 0 bridgehead atoms. The molecule has 0 aromatic rings. The summed E-state index contributed by atoms with van der Waals surface area (Å²) in [4.78, 5) is 11.1. The Hall–Kier alpha value is -1.91. The third-order valence-electron chi connectivity index (χ3n) is 2.07. The molecule has 3 nitrogen and oxygen atoms in total. The molecule has 1 saturated heterocycles. The van der Waals surface area contributed by atoms with Crippen LogP contribution in [0.3, 0.4) is 0 Å². The van der Waals surface area contributed by atoms with Gasteiger partial charge in [0.25, 0.3) is 0 Å². The highest BCUT2D eigenvalue weighted by Gasteiger charge is 2.16. The van der Waals surface area contributed by atoms with Crippen LogP contribution in [0.15, 0.2) is 41.6 Å². The van der Waals surface area contributed by atoms with Crippen LogP contribution >= 0.6 is 0 Å². The van der Waals surface area contributed by atoms with Gasteiger partial charge in [0.05, 0.1) is 6.61 Å². The van der Waals surface area contributed by atoms with Crippen LogP contribution in [-0.4, -0.2) is 12.7 Å². The lowest BCUT2D eigenvalue weighted by molar-refractivity contribution is 0.152. The van der Waals surface area contributed by atoms with E-state index in [0.717, 1.165) is 12.1 Å². The fourth-order valence-corrected chi connectivity index (χ4v) is 1.19. The van der Waals surface area contributed by atoms with E-state index in [9.17, 15) is 4.79 Å². The first-order chi connectivity index (χ1) is 7.24. The van der Waals surface area contributed by atoms with Gasteiger partial charge in [0.15, 0.2) is 0 Å². The smallest absolute Gasteiger partial charge is 0.411 e. The summed E-state index contributed by atoms with van der Waals surface area (Å²) in [5.41, 5.74) is 8.58. The normalized spacial score (nSPS) is 22.6. The number of carbonyl (C=O) groups is 1. The topological polar surface area (TPSA) is 38.3 Å². The van der Waals surface area contributed by atoms with Gasteiger partial charge in [-0.1, -0.05) is 18.4 Å². The number of hydrogen-bond donors (Lipinski definition) is 1. The van der Waals surface area contributed by atoms with Crippen molar-refractivity contribution in [3.8, 4) is 0 Å². The van der Waals surface area contributed by atoms with E-state index in [1.165, 1.54) is 0 Å². The quantitative estimate of drug-likeness (QED) is 0.664. The van der Waals surface area contributed by atoms with E-state index in [1.54, 1.807) is 12.2 Å². The molecule has 0 radical (unpaired) electrons. The molecule has 1 fully saturated rings. The minimum Gasteiger partial charge on any atom is -0.449 e. The summed E-state index contributed by atoms with van der Waals surface area (Å²) >= 11 is 0. The van der Waals surface area contributed by atoms with Gasteiger partial charge in [0.1, 0.15) is 0 Å². The van der Waals surface area contributed by atoms with Crippen LogP contribution in [0.25, 0.3) is 0 Å². The number of ether oxygens (including phenoxy) is 1. The van der Waals surface area contributed by atoms with Crippen LogP contribution in [0.2, 0.25) is 0 Å². The maximum atomic E-state index is 11.1. The molecular formula is C12H13NO2. The molecule has 1 N–H and O–H groups in total. The highest BCUT2D eigenvalue weighted by Crippen LogP contribution is 2.15. The molecular weight excluding hydrogens is 190 g/mol. The molecule has 1 heterocycles. The second-order valence-electron chi connectivity index (χ2n) is 3.19. The number of amides is 1. The minimum atomic E-state index is -0.401. The van der Waals surface area contributed by atoms with Gasteiger partial charge in [-0.05, 0) is 36.8 Å². The summed E-state index contributed by atoms with van der Waals surface area (Å²) in [5.74, 6) is 0.266. The first-order valence-corrected chi connectivity index (χ1v) is 4.74.